The van der Waals surface area contributed by atoms with E-state index < -0.39 is 11.7 Å². The zero-order valence-corrected chi connectivity index (χ0v) is 12.2. The predicted octanol–water partition coefficient (Wildman–Crippen LogP) is 2.02. The molecule has 2 aliphatic heterocycles. The van der Waals surface area contributed by atoms with Crippen LogP contribution in [-0.2, 0) is 11.2 Å². The molecule has 1 N–H and O–H groups in total. The highest BCUT2D eigenvalue weighted by molar-refractivity contribution is 6.30. The molecule has 1 amide bonds. The summed E-state index contributed by atoms with van der Waals surface area (Å²) in [5.74, 6) is 0.689. The highest BCUT2D eigenvalue weighted by atomic mass is 35.5. The van der Waals surface area contributed by atoms with Crippen molar-refractivity contribution < 1.29 is 14.6 Å². The number of halogens is 1. The fourth-order valence-corrected chi connectivity index (χ4v) is 3.16. The molecule has 1 fully saturated rings. The Hall–Kier alpha value is -1.26. The standard InChI is InChI=1S/C15H18ClNO3/c1-15(19)5-2-6-17(9-15)14(18)13-8-10-7-11(16)3-4-12(10)20-13/h3-4,7,13,19H,2,5-6,8-9H2,1H3. The first-order valence-corrected chi connectivity index (χ1v) is 7.29. The van der Waals surface area contributed by atoms with Gasteiger partial charge in [-0.1, -0.05) is 11.6 Å². The molecule has 2 unspecified atom stereocenters. The average Bonchev–Trinajstić information content (AvgIpc) is 2.79. The van der Waals surface area contributed by atoms with Gasteiger partial charge in [-0.25, -0.2) is 0 Å². The first-order chi connectivity index (χ1) is 9.44. The van der Waals surface area contributed by atoms with Gasteiger partial charge in [-0.2, -0.15) is 0 Å². The maximum Gasteiger partial charge on any atom is 0.264 e. The molecule has 3 rings (SSSR count). The van der Waals surface area contributed by atoms with Crippen molar-refractivity contribution in [3.05, 3.63) is 28.8 Å². The zero-order valence-electron chi connectivity index (χ0n) is 11.4. The number of carbonyl (C=O) groups excluding carboxylic acids is 1. The van der Waals surface area contributed by atoms with E-state index in [0.29, 0.717) is 24.5 Å². The first kappa shape index (κ1) is 13.7. The molecule has 0 aromatic heterocycles. The highest BCUT2D eigenvalue weighted by Gasteiger charge is 2.37. The number of likely N-dealkylation sites (tertiary alicyclic amines) is 1. The average molecular weight is 296 g/mol. The number of benzene rings is 1. The van der Waals surface area contributed by atoms with Crippen LogP contribution in [-0.4, -0.2) is 40.7 Å². The number of piperidine rings is 1. The highest BCUT2D eigenvalue weighted by Crippen LogP contribution is 2.32. The van der Waals surface area contributed by atoms with E-state index >= 15 is 0 Å². The van der Waals surface area contributed by atoms with E-state index in [-0.39, 0.29) is 5.91 Å². The number of fused-ring (bicyclic) bond motifs is 1. The Morgan fingerprint density at radius 2 is 2.35 bits per heavy atom. The Labute approximate surface area is 123 Å². The Morgan fingerprint density at radius 3 is 3.10 bits per heavy atom. The molecule has 0 saturated carbocycles. The Morgan fingerprint density at radius 1 is 1.55 bits per heavy atom. The molecule has 0 aliphatic carbocycles. The van der Waals surface area contributed by atoms with Crippen molar-refractivity contribution >= 4 is 17.5 Å². The maximum absolute atomic E-state index is 12.5. The number of amides is 1. The van der Waals surface area contributed by atoms with Crippen LogP contribution in [0, 0.1) is 0 Å². The van der Waals surface area contributed by atoms with Gasteiger partial charge in [0.15, 0.2) is 6.10 Å². The van der Waals surface area contributed by atoms with Crippen molar-refractivity contribution in [2.24, 2.45) is 0 Å². The zero-order chi connectivity index (χ0) is 14.3. The van der Waals surface area contributed by atoms with Crippen molar-refractivity contribution in [3.8, 4) is 5.75 Å². The Kier molecular flexibility index (Phi) is 3.38. The third-order valence-electron chi connectivity index (χ3n) is 3.96. The van der Waals surface area contributed by atoms with Gasteiger partial charge in [0.1, 0.15) is 5.75 Å². The summed E-state index contributed by atoms with van der Waals surface area (Å²) in [6.07, 6.45) is 1.62. The summed E-state index contributed by atoms with van der Waals surface area (Å²) in [4.78, 5) is 14.2. The van der Waals surface area contributed by atoms with Gasteiger partial charge in [0.2, 0.25) is 0 Å². The van der Waals surface area contributed by atoms with E-state index in [2.05, 4.69) is 0 Å². The van der Waals surface area contributed by atoms with Gasteiger partial charge in [0, 0.05) is 24.5 Å². The third-order valence-corrected chi connectivity index (χ3v) is 4.19. The van der Waals surface area contributed by atoms with Gasteiger partial charge >= 0.3 is 0 Å². The number of hydrogen-bond acceptors (Lipinski definition) is 3. The molecule has 1 aromatic rings. The van der Waals surface area contributed by atoms with Gasteiger partial charge in [-0.3, -0.25) is 4.79 Å². The molecule has 1 aromatic carbocycles. The molecule has 0 radical (unpaired) electrons. The fraction of sp³-hybridized carbons (Fsp3) is 0.533. The normalized spacial score (nSPS) is 28.9. The molecule has 1 saturated heterocycles. The SMILES string of the molecule is CC1(O)CCCN(C(=O)C2Cc3cc(Cl)ccc3O2)C1. The van der Waals surface area contributed by atoms with Crippen LogP contribution in [0.5, 0.6) is 5.75 Å². The smallest absolute Gasteiger partial charge is 0.264 e. The lowest BCUT2D eigenvalue weighted by atomic mass is 9.94. The van der Waals surface area contributed by atoms with Gasteiger partial charge < -0.3 is 14.7 Å². The van der Waals surface area contributed by atoms with E-state index in [1.165, 1.54) is 0 Å². The lowest BCUT2D eigenvalue weighted by Gasteiger charge is -2.37. The molecule has 2 atom stereocenters. The van der Waals surface area contributed by atoms with Crippen LogP contribution in [0.25, 0.3) is 0 Å². The third kappa shape index (κ3) is 2.63. The molecular formula is C15H18ClNO3. The molecule has 5 heteroatoms. The van der Waals surface area contributed by atoms with Crippen LogP contribution in [0.3, 0.4) is 0 Å². The van der Waals surface area contributed by atoms with Gasteiger partial charge in [0.05, 0.1) is 5.60 Å². The quantitative estimate of drug-likeness (QED) is 0.862. The second kappa shape index (κ2) is 4.93. The van der Waals surface area contributed by atoms with E-state index in [1.54, 1.807) is 24.0 Å². The minimum atomic E-state index is -0.789. The predicted molar refractivity (Wildman–Crippen MR) is 76.0 cm³/mol. The Bertz CT molecular complexity index is 544. The van der Waals surface area contributed by atoms with Crippen LogP contribution in [0.1, 0.15) is 25.3 Å². The van der Waals surface area contributed by atoms with E-state index in [9.17, 15) is 9.90 Å². The number of β-amino-alcohol motifs (C(OH)–C–C–N with tert-alkyl or cyclic N) is 1. The summed E-state index contributed by atoms with van der Waals surface area (Å²) in [5.41, 5.74) is 0.183. The van der Waals surface area contributed by atoms with E-state index in [1.807, 2.05) is 6.07 Å². The molecule has 108 valence electrons. The minimum absolute atomic E-state index is 0.0442. The lowest BCUT2D eigenvalue weighted by molar-refractivity contribution is -0.144. The van der Waals surface area contributed by atoms with Crippen molar-refractivity contribution in [1.82, 2.24) is 4.90 Å². The van der Waals surface area contributed by atoms with Crippen LogP contribution < -0.4 is 4.74 Å². The summed E-state index contributed by atoms with van der Waals surface area (Å²) in [5, 5.41) is 10.7. The van der Waals surface area contributed by atoms with Crippen molar-refractivity contribution in [1.29, 1.82) is 0 Å². The van der Waals surface area contributed by atoms with Gasteiger partial charge in [-0.05, 0) is 43.5 Å². The van der Waals surface area contributed by atoms with E-state index in [4.69, 9.17) is 16.3 Å². The summed E-state index contributed by atoms with van der Waals surface area (Å²) >= 11 is 5.95. The van der Waals surface area contributed by atoms with Crippen LogP contribution in [0.2, 0.25) is 5.02 Å². The number of carbonyl (C=O) groups is 1. The van der Waals surface area contributed by atoms with Crippen LogP contribution in [0.15, 0.2) is 18.2 Å². The number of hydrogen-bond donors (Lipinski definition) is 1. The Balaban J connectivity index is 1.71. The molecule has 4 nitrogen and oxygen atoms in total. The molecular weight excluding hydrogens is 278 g/mol. The van der Waals surface area contributed by atoms with E-state index in [0.717, 1.165) is 24.2 Å². The second-order valence-electron chi connectivity index (χ2n) is 5.92. The van der Waals surface area contributed by atoms with Crippen LogP contribution >= 0.6 is 11.6 Å². The van der Waals surface area contributed by atoms with Crippen molar-refractivity contribution in [2.75, 3.05) is 13.1 Å². The van der Waals surface area contributed by atoms with Crippen molar-refractivity contribution in [3.63, 3.8) is 0 Å². The maximum atomic E-state index is 12.5. The van der Waals surface area contributed by atoms with Crippen molar-refractivity contribution in [2.45, 2.75) is 37.9 Å². The molecule has 0 bridgehead atoms. The monoisotopic (exact) mass is 295 g/mol. The number of aliphatic hydroxyl groups is 1. The summed E-state index contributed by atoms with van der Waals surface area (Å²) in [6, 6.07) is 5.41. The summed E-state index contributed by atoms with van der Waals surface area (Å²) < 4.78 is 5.71. The number of rotatable bonds is 1. The van der Waals surface area contributed by atoms with Gasteiger partial charge in [0.25, 0.3) is 5.91 Å². The number of ether oxygens (including phenoxy) is 1. The molecule has 2 heterocycles. The molecule has 20 heavy (non-hydrogen) atoms. The molecule has 0 spiro atoms. The summed E-state index contributed by atoms with van der Waals surface area (Å²) in [7, 11) is 0. The van der Waals surface area contributed by atoms with Gasteiger partial charge in [-0.15, -0.1) is 0 Å². The number of nitrogens with zero attached hydrogens (tertiary/aromatic N) is 1. The minimum Gasteiger partial charge on any atom is -0.480 e. The largest absolute Gasteiger partial charge is 0.480 e. The topological polar surface area (TPSA) is 49.8 Å². The molecule has 2 aliphatic rings. The first-order valence-electron chi connectivity index (χ1n) is 6.91. The second-order valence-corrected chi connectivity index (χ2v) is 6.36. The lowest BCUT2D eigenvalue weighted by Crippen LogP contribution is -2.52. The van der Waals surface area contributed by atoms with Crippen LogP contribution in [0.4, 0.5) is 0 Å². The summed E-state index contributed by atoms with van der Waals surface area (Å²) in [6.45, 7) is 2.84. The fourth-order valence-electron chi connectivity index (χ4n) is 2.97.